The van der Waals surface area contributed by atoms with Crippen LogP contribution < -0.4 is 5.32 Å². The number of rotatable bonds is 4. The van der Waals surface area contributed by atoms with Crippen molar-refractivity contribution in [3.05, 3.63) is 69.3 Å². The molecule has 5 rings (SSSR count). The van der Waals surface area contributed by atoms with Gasteiger partial charge < -0.3 is 9.84 Å². The second-order valence-corrected chi connectivity index (χ2v) is 8.97. The molecule has 2 unspecified atom stereocenters. The van der Waals surface area contributed by atoms with Crippen LogP contribution in [0.1, 0.15) is 70.9 Å². The predicted octanol–water partition coefficient (Wildman–Crippen LogP) is 4.51. The molecule has 0 fully saturated rings. The van der Waals surface area contributed by atoms with Gasteiger partial charge in [0.25, 0.3) is 5.91 Å². The molecule has 0 saturated heterocycles. The first-order valence-electron chi connectivity index (χ1n) is 10.7. The van der Waals surface area contributed by atoms with Crippen LogP contribution in [0.5, 0.6) is 0 Å². The molecule has 0 saturated carbocycles. The third kappa shape index (κ3) is 3.65. The molecule has 0 aliphatic heterocycles. The van der Waals surface area contributed by atoms with Gasteiger partial charge in [-0.1, -0.05) is 35.8 Å². The van der Waals surface area contributed by atoms with Crippen LogP contribution in [0.3, 0.4) is 0 Å². The van der Waals surface area contributed by atoms with Gasteiger partial charge in [-0.05, 0) is 55.7 Å². The average Bonchev–Trinajstić information content (AvgIpc) is 3.34. The lowest BCUT2D eigenvalue weighted by Gasteiger charge is -2.24. The molecule has 1 amide bonds. The molecule has 6 nitrogen and oxygen atoms in total. The van der Waals surface area contributed by atoms with Crippen molar-refractivity contribution in [1.82, 2.24) is 20.3 Å². The topological polar surface area (TPSA) is 73.0 Å². The summed E-state index contributed by atoms with van der Waals surface area (Å²) < 4.78 is 7.50. The summed E-state index contributed by atoms with van der Waals surface area (Å²) in [4.78, 5) is 13.0. The lowest BCUT2D eigenvalue weighted by Crippen LogP contribution is -2.32. The van der Waals surface area contributed by atoms with Crippen molar-refractivity contribution in [2.45, 2.75) is 58.0 Å². The second kappa shape index (κ2) is 7.91. The van der Waals surface area contributed by atoms with Gasteiger partial charge in [0.15, 0.2) is 5.69 Å². The minimum atomic E-state index is -0.141. The van der Waals surface area contributed by atoms with Crippen molar-refractivity contribution >= 4 is 17.5 Å². The number of halogens is 1. The molecule has 2 heterocycles. The zero-order chi connectivity index (χ0) is 20.7. The van der Waals surface area contributed by atoms with Crippen molar-refractivity contribution < 1.29 is 9.32 Å². The number of fused-ring (bicyclic) bond motifs is 2. The van der Waals surface area contributed by atoms with Gasteiger partial charge in [0.05, 0.1) is 18.8 Å². The quantitative estimate of drug-likeness (QED) is 0.669. The molecule has 1 aromatic carbocycles. The Labute approximate surface area is 180 Å². The van der Waals surface area contributed by atoms with Crippen molar-refractivity contribution in [2.24, 2.45) is 5.92 Å². The lowest BCUT2D eigenvalue weighted by atomic mass is 9.88. The number of carbonyl (C=O) groups excluding carboxylic acids is 1. The van der Waals surface area contributed by atoms with Crippen LogP contribution in [0.25, 0.3) is 0 Å². The molecule has 0 spiro atoms. The fourth-order valence-electron chi connectivity index (χ4n) is 4.65. The van der Waals surface area contributed by atoms with Crippen LogP contribution in [-0.2, 0) is 25.8 Å². The number of hydrogen-bond donors (Lipinski definition) is 1. The van der Waals surface area contributed by atoms with Crippen LogP contribution in [0.2, 0.25) is 5.02 Å². The third-order valence-corrected chi connectivity index (χ3v) is 6.57. The molecule has 0 radical (unpaired) electrons. The van der Waals surface area contributed by atoms with Crippen molar-refractivity contribution in [3.8, 4) is 0 Å². The third-order valence-electron chi connectivity index (χ3n) is 6.32. The van der Waals surface area contributed by atoms with E-state index >= 15 is 0 Å². The molecular weight excluding hydrogens is 400 g/mol. The summed E-state index contributed by atoms with van der Waals surface area (Å²) in [6.07, 6.45) is 7.59. The minimum Gasteiger partial charge on any atom is -0.360 e. The normalized spacial score (nSPS) is 20.5. The highest BCUT2D eigenvalue weighted by molar-refractivity contribution is 6.30. The Hall–Kier alpha value is -2.60. The zero-order valence-electron chi connectivity index (χ0n) is 17.0. The van der Waals surface area contributed by atoms with Gasteiger partial charge in [-0.15, -0.1) is 0 Å². The summed E-state index contributed by atoms with van der Waals surface area (Å²) in [6, 6.07) is 7.79. The number of aromatic nitrogens is 3. The van der Waals surface area contributed by atoms with Gasteiger partial charge in [0.2, 0.25) is 0 Å². The van der Waals surface area contributed by atoms with E-state index in [9.17, 15) is 4.79 Å². The molecule has 1 N–H and O–H groups in total. The molecule has 7 heteroatoms. The van der Waals surface area contributed by atoms with E-state index in [1.165, 1.54) is 5.69 Å². The molecule has 2 aromatic heterocycles. The minimum absolute atomic E-state index is 0.0476. The average molecular weight is 425 g/mol. The maximum absolute atomic E-state index is 13.0. The number of aryl methyl sites for hydroxylation is 1. The van der Waals surface area contributed by atoms with Gasteiger partial charge in [-0.3, -0.25) is 9.48 Å². The van der Waals surface area contributed by atoms with E-state index in [2.05, 4.69) is 22.5 Å². The molecule has 0 bridgehead atoms. The molecule has 2 atom stereocenters. The zero-order valence-corrected chi connectivity index (χ0v) is 17.8. The summed E-state index contributed by atoms with van der Waals surface area (Å²) >= 11 is 6.00. The Morgan fingerprint density at radius 1 is 1.27 bits per heavy atom. The van der Waals surface area contributed by atoms with Crippen LogP contribution >= 0.6 is 11.6 Å². The summed E-state index contributed by atoms with van der Waals surface area (Å²) in [5.74, 6) is 1.28. The number of nitrogens with zero attached hydrogens (tertiary/aromatic N) is 3. The molecule has 2 aliphatic carbocycles. The Balaban J connectivity index is 1.34. The highest BCUT2D eigenvalue weighted by Gasteiger charge is 2.30. The van der Waals surface area contributed by atoms with Crippen molar-refractivity contribution in [2.75, 3.05) is 0 Å². The summed E-state index contributed by atoms with van der Waals surface area (Å²) in [5, 5.41) is 12.6. The summed E-state index contributed by atoms with van der Waals surface area (Å²) in [7, 11) is 0. The Morgan fingerprint density at radius 2 is 2.10 bits per heavy atom. The smallest absolute Gasteiger partial charge is 0.274 e. The van der Waals surface area contributed by atoms with E-state index in [0.717, 1.165) is 66.0 Å². The first-order valence-corrected chi connectivity index (χ1v) is 11.0. The van der Waals surface area contributed by atoms with Crippen LogP contribution in [-0.4, -0.2) is 20.8 Å². The lowest BCUT2D eigenvalue weighted by molar-refractivity contribution is 0.0922. The fourth-order valence-corrected chi connectivity index (χ4v) is 4.78. The van der Waals surface area contributed by atoms with Crippen LogP contribution in [0.4, 0.5) is 0 Å². The van der Waals surface area contributed by atoms with Crippen LogP contribution in [0.15, 0.2) is 35.0 Å². The van der Waals surface area contributed by atoms with Gasteiger partial charge in [-0.2, -0.15) is 5.10 Å². The van der Waals surface area contributed by atoms with E-state index in [0.29, 0.717) is 18.2 Å². The number of hydrogen-bond acceptors (Lipinski definition) is 4. The number of amides is 1. The van der Waals surface area contributed by atoms with Gasteiger partial charge in [-0.25, -0.2) is 0 Å². The van der Waals surface area contributed by atoms with Crippen molar-refractivity contribution in [3.63, 3.8) is 0 Å². The van der Waals surface area contributed by atoms with Crippen LogP contribution in [0, 0.1) is 5.92 Å². The molecule has 30 heavy (non-hydrogen) atoms. The fraction of sp³-hybridized carbons (Fsp3) is 0.435. The highest BCUT2D eigenvalue weighted by Crippen LogP contribution is 2.32. The first-order chi connectivity index (χ1) is 14.6. The first kappa shape index (κ1) is 19.4. The largest absolute Gasteiger partial charge is 0.360 e. The predicted molar refractivity (Wildman–Crippen MR) is 114 cm³/mol. The molecule has 156 valence electrons. The Kier molecular flexibility index (Phi) is 5.11. The molecule has 3 aromatic rings. The number of nitrogens with one attached hydrogen (secondary N) is 1. The maximum Gasteiger partial charge on any atom is 0.274 e. The maximum atomic E-state index is 13.0. The van der Waals surface area contributed by atoms with E-state index < -0.39 is 0 Å². The van der Waals surface area contributed by atoms with E-state index in [1.54, 1.807) is 0 Å². The standard InChI is InChI=1S/C23H25ClN4O2/c1-14-5-10-21-17(11-14)22(27-30-21)23(29)26-19-3-2-4-20-18(19)12-25-28(20)13-15-6-8-16(24)9-7-15/h6-9,12,14,19H,2-5,10-11,13H2,1H3,(H,26,29). The van der Waals surface area contributed by atoms with Crippen molar-refractivity contribution in [1.29, 1.82) is 0 Å². The van der Waals surface area contributed by atoms with E-state index in [4.69, 9.17) is 16.1 Å². The highest BCUT2D eigenvalue weighted by atomic mass is 35.5. The van der Waals surface area contributed by atoms with Gasteiger partial charge in [0.1, 0.15) is 5.76 Å². The summed E-state index contributed by atoms with van der Waals surface area (Å²) in [6.45, 7) is 2.90. The summed E-state index contributed by atoms with van der Waals surface area (Å²) in [5.41, 5.74) is 4.89. The second-order valence-electron chi connectivity index (χ2n) is 8.53. The Bertz CT molecular complexity index is 1070. The molecule has 2 aliphatic rings. The monoisotopic (exact) mass is 424 g/mol. The van der Waals surface area contributed by atoms with Gasteiger partial charge >= 0.3 is 0 Å². The number of benzene rings is 1. The Morgan fingerprint density at radius 3 is 2.93 bits per heavy atom. The SMILES string of the molecule is CC1CCc2onc(C(=O)NC3CCCc4c3cnn4Cc3ccc(Cl)cc3)c2C1. The number of carbonyl (C=O) groups is 1. The van der Waals surface area contributed by atoms with E-state index in [-0.39, 0.29) is 11.9 Å². The van der Waals surface area contributed by atoms with E-state index in [1.807, 2.05) is 35.1 Å². The molecular formula is C23H25ClN4O2. The van der Waals surface area contributed by atoms with Gasteiger partial charge in [0, 0.05) is 28.3 Å².